The second-order valence-corrected chi connectivity index (χ2v) is 21.3. The summed E-state index contributed by atoms with van der Waals surface area (Å²) in [5, 5.41) is 0. The topological polar surface area (TPSA) is 78.9 Å². The molecular formula is C69H120O6. The zero-order valence-electron chi connectivity index (χ0n) is 49.6. The highest BCUT2D eigenvalue weighted by Gasteiger charge is 2.19. The predicted octanol–water partition coefficient (Wildman–Crippen LogP) is 21.9. The van der Waals surface area contributed by atoms with E-state index in [9.17, 15) is 14.4 Å². The Kier molecular flexibility index (Phi) is 60.3. The van der Waals surface area contributed by atoms with Gasteiger partial charge in [-0.1, -0.05) is 286 Å². The molecule has 6 nitrogen and oxygen atoms in total. The fraction of sp³-hybridized carbons (Fsp3) is 0.754. The van der Waals surface area contributed by atoms with Crippen LogP contribution in [0.15, 0.2) is 85.1 Å². The van der Waals surface area contributed by atoms with Gasteiger partial charge in [-0.3, -0.25) is 14.4 Å². The van der Waals surface area contributed by atoms with Crippen molar-refractivity contribution in [1.82, 2.24) is 0 Å². The van der Waals surface area contributed by atoms with Crippen molar-refractivity contribution in [2.75, 3.05) is 13.2 Å². The average molecular weight is 1050 g/mol. The molecule has 0 bridgehead atoms. The number of hydrogen-bond donors (Lipinski definition) is 0. The van der Waals surface area contributed by atoms with E-state index >= 15 is 0 Å². The van der Waals surface area contributed by atoms with Gasteiger partial charge in [0.1, 0.15) is 13.2 Å². The fourth-order valence-corrected chi connectivity index (χ4v) is 9.09. The lowest BCUT2D eigenvalue weighted by atomic mass is 10.0. The largest absolute Gasteiger partial charge is 0.462 e. The van der Waals surface area contributed by atoms with Crippen molar-refractivity contribution >= 4 is 17.9 Å². The van der Waals surface area contributed by atoms with Crippen LogP contribution < -0.4 is 0 Å². The summed E-state index contributed by atoms with van der Waals surface area (Å²) < 4.78 is 16.8. The molecule has 0 aliphatic heterocycles. The van der Waals surface area contributed by atoms with Gasteiger partial charge in [-0.05, 0) is 96.3 Å². The number of rotatable bonds is 58. The summed E-state index contributed by atoms with van der Waals surface area (Å²) in [5.41, 5.74) is 0. The first-order valence-electron chi connectivity index (χ1n) is 32.1. The smallest absolute Gasteiger partial charge is 0.306 e. The molecule has 0 N–H and O–H groups in total. The Morgan fingerprint density at radius 3 is 0.827 bits per heavy atom. The molecule has 0 aromatic carbocycles. The molecule has 0 amide bonds. The van der Waals surface area contributed by atoms with E-state index in [2.05, 4.69) is 106 Å². The maximum atomic E-state index is 12.8. The van der Waals surface area contributed by atoms with Gasteiger partial charge in [-0.15, -0.1) is 0 Å². The van der Waals surface area contributed by atoms with Crippen LogP contribution in [0.25, 0.3) is 0 Å². The maximum Gasteiger partial charge on any atom is 0.306 e. The van der Waals surface area contributed by atoms with Gasteiger partial charge in [0.2, 0.25) is 0 Å². The van der Waals surface area contributed by atoms with Crippen LogP contribution in [0.4, 0.5) is 0 Å². The second kappa shape index (κ2) is 63.1. The van der Waals surface area contributed by atoms with Crippen LogP contribution >= 0.6 is 0 Å². The molecule has 432 valence electrons. The third kappa shape index (κ3) is 61.3. The Morgan fingerprint density at radius 2 is 0.520 bits per heavy atom. The molecule has 0 radical (unpaired) electrons. The van der Waals surface area contributed by atoms with Gasteiger partial charge in [0, 0.05) is 19.3 Å². The van der Waals surface area contributed by atoms with Crippen LogP contribution in [-0.2, 0) is 28.6 Å². The van der Waals surface area contributed by atoms with Gasteiger partial charge in [-0.25, -0.2) is 0 Å². The summed E-state index contributed by atoms with van der Waals surface area (Å²) in [5.74, 6) is -0.878. The van der Waals surface area contributed by atoms with Crippen molar-refractivity contribution in [2.45, 2.75) is 322 Å². The predicted molar refractivity (Wildman–Crippen MR) is 325 cm³/mol. The van der Waals surface area contributed by atoms with Crippen LogP contribution in [0.2, 0.25) is 0 Å². The van der Waals surface area contributed by atoms with Crippen molar-refractivity contribution in [3.8, 4) is 0 Å². The van der Waals surface area contributed by atoms with Crippen molar-refractivity contribution in [1.29, 1.82) is 0 Å². The number of carbonyl (C=O) groups is 3. The Labute approximate surface area is 465 Å². The van der Waals surface area contributed by atoms with E-state index in [1.165, 1.54) is 180 Å². The standard InChI is InChI=1S/C69H120O6/c1-4-7-10-13-16-18-20-22-24-26-28-29-30-31-32-33-34-35-36-37-38-39-40-41-42-44-45-47-49-51-53-56-59-62-68(71)74-65-66(64-73-67(70)61-58-55-15-12-9-6-3)75-69(72)63-60-57-54-52-50-48-46-43-27-25-23-21-19-17-14-11-8-5-2/h7,10,16,18,22,24-25,27-29,31-32,34-35,66H,4-6,8-9,11-15,17,19-21,23,26,30,33,36-65H2,1-3H3/b10-7-,18-16-,24-22-,27-25-,29-28-,32-31-,35-34-. The van der Waals surface area contributed by atoms with Gasteiger partial charge in [-0.2, -0.15) is 0 Å². The first-order valence-corrected chi connectivity index (χ1v) is 32.1. The number of hydrogen-bond acceptors (Lipinski definition) is 6. The van der Waals surface area contributed by atoms with E-state index in [0.29, 0.717) is 19.3 Å². The summed E-state index contributed by atoms with van der Waals surface area (Å²) in [6, 6.07) is 0. The minimum Gasteiger partial charge on any atom is -0.462 e. The Balaban J connectivity index is 4.02. The van der Waals surface area contributed by atoms with Gasteiger partial charge >= 0.3 is 17.9 Å². The Bertz CT molecular complexity index is 1430. The van der Waals surface area contributed by atoms with Crippen molar-refractivity contribution < 1.29 is 28.6 Å². The lowest BCUT2D eigenvalue weighted by molar-refractivity contribution is -0.167. The number of esters is 3. The molecule has 0 fully saturated rings. The first kappa shape index (κ1) is 71.6. The molecule has 0 heterocycles. The molecule has 0 aromatic rings. The third-order valence-electron chi connectivity index (χ3n) is 13.9. The molecule has 0 aliphatic rings. The summed E-state index contributed by atoms with van der Waals surface area (Å²) in [6.45, 7) is 6.49. The molecule has 1 atom stereocenters. The zero-order valence-corrected chi connectivity index (χ0v) is 49.6. The third-order valence-corrected chi connectivity index (χ3v) is 13.9. The molecule has 0 aliphatic carbocycles. The number of allylic oxidation sites excluding steroid dienone is 14. The van der Waals surface area contributed by atoms with E-state index in [1.807, 2.05) is 0 Å². The van der Waals surface area contributed by atoms with Gasteiger partial charge in [0.25, 0.3) is 0 Å². The SMILES string of the molecule is CC/C=C\C/C=C\C/C=C\C/C=C\C/C=C\C/C=C\CCCCCCCCCCCCCCCCC(=O)OCC(COC(=O)CCCCCCCC)OC(=O)CCCCCCCCC/C=C\CCCCCCCCC. The quantitative estimate of drug-likeness (QED) is 0.0261. The summed E-state index contributed by atoms with van der Waals surface area (Å²) in [4.78, 5) is 38.0. The number of unbranched alkanes of at least 4 members (excludes halogenated alkanes) is 33. The van der Waals surface area contributed by atoms with Crippen molar-refractivity contribution in [3.63, 3.8) is 0 Å². The molecule has 0 aromatic heterocycles. The molecule has 6 heteroatoms. The van der Waals surface area contributed by atoms with Crippen LogP contribution in [0.1, 0.15) is 316 Å². The summed E-state index contributed by atoms with van der Waals surface area (Å²) >= 11 is 0. The van der Waals surface area contributed by atoms with Gasteiger partial charge in [0.15, 0.2) is 6.10 Å². The lowest BCUT2D eigenvalue weighted by Crippen LogP contribution is -2.30. The zero-order chi connectivity index (χ0) is 54.3. The van der Waals surface area contributed by atoms with E-state index in [4.69, 9.17) is 14.2 Å². The van der Waals surface area contributed by atoms with Gasteiger partial charge in [0.05, 0.1) is 0 Å². The van der Waals surface area contributed by atoms with E-state index in [0.717, 1.165) is 96.3 Å². The van der Waals surface area contributed by atoms with Crippen molar-refractivity contribution in [3.05, 3.63) is 85.1 Å². The minimum absolute atomic E-state index is 0.0751. The molecule has 1 unspecified atom stereocenters. The highest BCUT2D eigenvalue weighted by molar-refractivity contribution is 5.71. The molecule has 0 saturated heterocycles. The number of ether oxygens (including phenoxy) is 3. The Morgan fingerprint density at radius 1 is 0.280 bits per heavy atom. The fourth-order valence-electron chi connectivity index (χ4n) is 9.09. The van der Waals surface area contributed by atoms with Crippen LogP contribution in [0.3, 0.4) is 0 Å². The molecular weight excluding hydrogens is 925 g/mol. The first-order chi connectivity index (χ1) is 37.0. The molecule has 0 spiro atoms. The monoisotopic (exact) mass is 1040 g/mol. The van der Waals surface area contributed by atoms with E-state index in [-0.39, 0.29) is 31.1 Å². The average Bonchev–Trinajstić information content (AvgIpc) is 3.41. The van der Waals surface area contributed by atoms with Crippen LogP contribution in [-0.4, -0.2) is 37.2 Å². The second-order valence-electron chi connectivity index (χ2n) is 21.3. The normalized spacial score (nSPS) is 12.6. The molecule has 0 saturated carbocycles. The molecule has 75 heavy (non-hydrogen) atoms. The highest BCUT2D eigenvalue weighted by Crippen LogP contribution is 2.16. The van der Waals surface area contributed by atoms with E-state index in [1.54, 1.807) is 0 Å². The Hall–Kier alpha value is -3.41. The summed E-state index contributed by atoms with van der Waals surface area (Å²) in [6.07, 6.45) is 83.5. The lowest BCUT2D eigenvalue weighted by Gasteiger charge is -2.18. The summed E-state index contributed by atoms with van der Waals surface area (Å²) in [7, 11) is 0. The molecule has 0 rings (SSSR count). The number of carbonyl (C=O) groups excluding carboxylic acids is 3. The van der Waals surface area contributed by atoms with Crippen molar-refractivity contribution in [2.24, 2.45) is 0 Å². The highest BCUT2D eigenvalue weighted by atomic mass is 16.6. The maximum absolute atomic E-state index is 12.8. The minimum atomic E-state index is -0.774. The van der Waals surface area contributed by atoms with Crippen LogP contribution in [0, 0.1) is 0 Å². The van der Waals surface area contributed by atoms with Crippen LogP contribution in [0.5, 0.6) is 0 Å². The van der Waals surface area contributed by atoms with Gasteiger partial charge < -0.3 is 14.2 Å². The van der Waals surface area contributed by atoms with E-state index < -0.39 is 6.10 Å².